The first-order chi connectivity index (χ1) is 10.0. The van der Waals surface area contributed by atoms with Gasteiger partial charge in [0.05, 0.1) is 6.10 Å². The first-order valence-corrected chi connectivity index (χ1v) is 8.91. The summed E-state index contributed by atoms with van der Waals surface area (Å²) in [6, 6.07) is 0. The Kier molecular flexibility index (Phi) is 3.12. The summed E-state index contributed by atoms with van der Waals surface area (Å²) in [7, 11) is 0. The summed E-state index contributed by atoms with van der Waals surface area (Å²) in [6.45, 7) is 4.56. The second-order valence-corrected chi connectivity index (χ2v) is 8.40. The molecule has 21 heavy (non-hydrogen) atoms. The molecule has 4 aliphatic carbocycles. The van der Waals surface area contributed by atoms with Crippen LogP contribution >= 0.6 is 0 Å². The molecule has 0 bridgehead atoms. The first kappa shape index (κ1) is 14.0. The highest BCUT2D eigenvalue weighted by molar-refractivity contribution is 5.98. The molecular formula is C19H28O2. The maximum absolute atomic E-state index is 12.1. The van der Waals surface area contributed by atoms with Crippen molar-refractivity contribution in [1.29, 1.82) is 0 Å². The molecule has 0 spiro atoms. The number of aliphatic hydroxyl groups excluding tert-OH is 1. The largest absolute Gasteiger partial charge is 0.393 e. The number of Topliss-reactive ketones (excluding diaryl/α,β-unsaturated/α-hetero) is 1. The van der Waals surface area contributed by atoms with E-state index in [0.717, 1.165) is 43.1 Å². The zero-order valence-corrected chi connectivity index (χ0v) is 13.4. The fourth-order valence-corrected chi connectivity index (χ4v) is 6.47. The third-order valence-corrected chi connectivity index (χ3v) is 7.71. The average molecular weight is 288 g/mol. The monoisotopic (exact) mass is 288 g/mol. The molecular weight excluding hydrogens is 260 g/mol. The lowest BCUT2D eigenvalue weighted by Crippen LogP contribution is -2.50. The Morgan fingerprint density at radius 3 is 2.81 bits per heavy atom. The highest BCUT2D eigenvalue weighted by Gasteiger charge is 2.54. The number of allylic oxidation sites excluding steroid dienone is 2. The minimum atomic E-state index is -0.0611. The summed E-state index contributed by atoms with van der Waals surface area (Å²) >= 11 is 0. The van der Waals surface area contributed by atoms with Crippen LogP contribution in [0.25, 0.3) is 0 Å². The number of hydrogen-bond acceptors (Lipinski definition) is 2. The van der Waals surface area contributed by atoms with Gasteiger partial charge in [-0.25, -0.2) is 0 Å². The number of ketones is 1. The molecule has 0 unspecified atom stereocenters. The van der Waals surface area contributed by atoms with Gasteiger partial charge < -0.3 is 5.11 Å². The van der Waals surface area contributed by atoms with Crippen LogP contribution in [-0.4, -0.2) is 17.0 Å². The summed E-state index contributed by atoms with van der Waals surface area (Å²) in [5, 5.41) is 10.0. The molecule has 3 saturated carbocycles. The van der Waals surface area contributed by atoms with E-state index >= 15 is 0 Å². The molecule has 0 radical (unpaired) electrons. The molecule has 0 aromatic heterocycles. The number of carbonyl (C=O) groups excluding carboxylic acids is 1. The maximum Gasteiger partial charge on any atom is 0.159 e. The topological polar surface area (TPSA) is 37.3 Å². The second kappa shape index (κ2) is 4.68. The molecule has 1 N–H and O–H groups in total. The second-order valence-electron chi connectivity index (χ2n) is 8.40. The summed E-state index contributed by atoms with van der Waals surface area (Å²) in [4.78, 5) is 12.1. The summed E-state index contributed by atoms with van der Waals surface area (Å²) in [5.41, 5.74) is 3.04. The van der Waals surface area contributed by atoms with Gasteiger partial charge in [0, 0.05) is 6.42 Å². The van der Waals surface area contributed by atoms with Crippen molar-refractivity contribution in [3.8, 4) is 0 Å². The van der Waals surface area contributed by atoms with Gasteiger partial charge in [-0.3, -0.25) is 4.79 Å². The Hall–Kier alpha value is -0.630. The van der Waals surface area contributed by atoms with E-state index in [2.05, 4.69) is 13.8 Å². The molecule has 0 saturated heterocycles. The van der Waals surface area contributed by atoms with E-state index in [-0.39, 0.29) is 6.10 Å². The van der Waals surface area contributed by atoms with Crippen molar-refractivity contribution in [2.24, 2.45) is 29.1 Å². The number of fused-ring (bicyclic) bond motifs is 5. The van der Waals surface area contributed by atoms with Crippen molar-refractivity contribution in [3.05, 3.63) is 11.1 Å². The molecule has 3 fully saturated rings. The first-order valence-electron chi connectivity index (χ1n) is 8.91. The fourth-order valence-electron chi connectivity index (χ4n) is 6.47. The zero-order valence-electron chi connectivity index (χ0n) is 13.4. The van der Waals surface area contributed by atoms with Crippen LogP contribution in [0.3, 0.4) is 0 Å². The third-order valence-electron chi connectivity index (χ3n) is 7.71. The van der Waals surface area contributed by atoms with E-state index in [4.69, 9.17) is 0 Å². The lowest BCUT2D eigenvalue weighted by Gasteiger charge is -2.58. The predicted octanol–water partition coefficient (Wildman–Crippen LogP) is 3.88. The number of carbonyl (C=O) groups is 1. The molecule has 0 amide bonds. The normalized spacial score (nSPS) is 49.7. The van der Waals surface area contributed by atoms with Crippen molar-refractivity contribution in [2.45, 2.75) is 71.3 Å². The lowest BCUT2D eigenvalue weighted by molar-refractivity contribution is -0.117. The highest BCUT2D eigenvalue weighted by atomic mass is 16.3. The van der Waals surface area contributed by atoms with Crippen molar-refractivity contribution in [3.63, 3.8) is 0 Å². The molecule has 0 aliphatic heterocycles. The average Bonchev–Trinajstić information content (AvgIpc) is 2.75. The molecule has 4 aliphatic rings. The maximum atomic E-state index is 12.1. The smallest absolute Gasteiger partial charge is 0.159 e. The molecule has 0 aromatic rings. The molecule has 2 heteroatoms. The van der Waals surface area contributed by atoms with Gasteiger partial charge in [-0.2, -0.15) is 0 Å². The Morgan fingerprint density at radius 1 is 1.19 bits per heavy atom. The molecule has 116 valence electrons. The van der Waals surface area contributed by atoms with Crippen molar-refractivity contribution in [1.82, 2.24) is 0 Å². The Balaban J connectivity index is 1.64. The molecule has 0 heterocycles. The summed E-state index contributed by atoms with van der Waals surface area (Å²) in [5.74, 6) is 3.23. The van der Waals surface area contributed by atoms with Gasteiger partial charge in [-0.05, 0) is 86.5 Å². The van der Waals surface area contributed by atoms with Crippen LogP contribution in [0.2, 0.25) is 0 Å². The van der Waals surface area contributed by atoms with Gasteiger partial charge in [0.2, 0.25) is 0 Å². The van der Waals surface area contributed by atoms with E-state index in [9.17, 15) is 9.90 Å². The Morgan fingerprint density at radius 2 is 2.00 bits per heavy atom. The standard InChI is InChI=1S/C19H28O2/c1-11-14-5-6-17-15(16(14)10-18(11)21)4-3-12-9-13(20)7-8-19(12,17)2/h12-13,15-17,20H,3-10H2,1-2H3/t12-,13-,15+,16-,17+,19+/m1/s1. The van der Waals surface area contributed by atoms with E-state index in [1.54, 1.807) is 0 Å². The van der Waals surface area contributed by atoms with Gasteiger partial charge >= 0.3 is 0 Å². The van der Waals surface area contributed by atoms with Crippen LogP contribution in [0.4, 0.5) is 0 Å². The molecule has 0 aromatic carbocycles. The van der Waals surface area contributed by atoms with Gasteiger partial charge in [-0.15, -0.1) is 0 Å². The van der Waals surface area contributed by atoms with Gasteiger partial charge in [0.15, 0.2) is 5.78 Å². The van der Waals surface area contributed by atoms with Crippen LogP contribution in [0, 0.1) is 29.1 Å². The molecule has 4 rings (SSSR count). The van der Waals surface area contributed by atoms with Crippen LogP contribution in [0.1, 0.15) is 65.2 Å². The SMILES string of the molecule is CC1=C2CC[C@H]3[C@@H](CC[C@@H]4C[C@H](O)CC[C@@]43C)[C@@H]2CC1=O. The van der Waals surface area contributed by atoms with Crippen molar-refractivity contribution < 1.29 is 9.90 Å². The minimum Gasteiger partial charge on any atom is -0.393 e. The van der Waals surface area contributed by atoms with E-state index in [0.29, 0.717) is 23.0 Å². The molecule has 2 nitrogen and oxygen atoms in total. The third kappa shape index (κ3) is 1.91. The van der Waals surface area contributed by atoms with Gasteiger partial charge in [0.25, 0.3) is 0 Å². The van der Waals surface area contributed by atoms with Crippen molar-refractivity contribution >= 4 is 5.78 Å². The van der Waals surface area contributed by atoms with Crippen LogP contribution < -0.4 is 0 Å². The number of rotatable bonds is 0. The fraction of sp³-hybridized carbons (Fsp3) is 0.842. The van der Waals surface area contributed by atoms with Gasteiger partial charge in [0.1, 0.15) is 0 Å². The summed E-state index contributed by atoms with van der Waals surface area (Å²) < 4.78 is 0. The van der Waals surface area contributed by atoms with Crippen LogP contribution in [0.5, 0.6) is 0 Å². The number of hydrogen-bond donors (Lipinski definition) is 1. The lowest BCUT2D eigenvalue weighted by atomic mass is 9.47. The van der Waals surface area contributed by atoms with Crippen LogP contribution in [-0.2, 0) is 4.79 Å². The van der Waals surface area contributed by atoms with E-state index in [1.165, 1.54) is 31.3 Å². The van der Waals surface area contributed by atoms with Gasteiger partial charge in [-0.1, -0.05) is 12.5 Å². The summed E-state index contributed by atoms with van der Waals surface area (Å²) in [6.07, 6.45) is 8.93. The minimum absolute atomic E-state index is 0.0611. The molecule has 6 atom stereocenters. The zero-order chi connectivity index (χ0) is 14.8. The Labute approximate surface area is 128 Å². The quantitative estimate of drug-likeness (QED) is 0.734. The van der Waals surface area contributed by atoms with Crippen molar-refractivity contribution in [2.75, 3.05) is 0 Å². The van der Waals surface area contributed by atoms with Crippen LogP contribution in [0.15, 0.2) is 11.1 Å². The Bertz CT molecular complexity index is 506. The number of aliphatic hydroxyl groups is 1. The van der Waals surface area contributed by atoms with E-state index < -0.39 is 0 Å². The highest BCUT2D eigenvalue weighted by Crippen LogP contribution is 2.62. The van der Waals surface area contributed by atoms with E-state index in [1.807, 2.05) is 0 Å². The predicted molar refractivity (Wildman–Crippen MR) is 82.7 cm³/mol.